The number of ether oxygens (including phenoxy) is 2. The van der Waals surface area contributed by atoms with Gasteiger partial charge < -0.3 is 14.8 Å². The van der Waals surface area contributed by atoms with Gasteiger partial charge in [-0.25, -0.2) is 4.68 Å². The quantitative estimate of drug-likeness (QED) is 0.736. The predicted octanol–water partition coefficient (Wildman–Crippen LogP) is 2.69. The van der Waals surface area contributed by atoms with Crippen LogP contribution in [0.2, 0.25) is 0 Å². The van der Waals surface area contributed by atoms with Crippen LogP contribution < -0.4 is 15.6 Å². The third-order valence-electron chi connectivity index (χ3n) is 6.52. The zero-order valence-electron chi connectivity index (χ0n) is 16.9. The van der Waals surface area contributed by atoms with Crippen molar-refractivity contribution in [2.75, 3.05) is 18.5 Å². The van der Waals surface area contributed by atoms with Crippen LogP contribution in [0.3, 0.4) is 0 Å². The van der Waals surface area contributed by atoms with Gasteiger partial charge in [-0.3, -0.25) is 9.59 Å². The Balaban J connectivity index is 1.80. The third-order valence-corrected chi connectivity index (χ3v) is 6.52. The summed E-state index contributed by atoms with van der Waals surface area (Å²) < 4.78 is 11.6. The minimum atomic E-state index is -0.488. The highest BCUT2D eigenvalue weighted by Crippen LogP contribution is 2.61. The maximum atomic E-state index is 12.4. The van der Waals surface area contributed by atoms with Crippen molar-refractivity contribution in [3.05, 3.63) is 16.4 Å². The van der Waals surface area contributed by atoms with E-state index in [1.807, 2.05) is 6.92 Å². The Morgan fingerprint density at radius 3 is 2.67 bits per heavy atom. The maximum absolute atomic E-state index is 12.4. The highest BCUT2D eigenvalue weighted by Gasteiger charge is 2.56. The van der Waals surface area contributed by atoms with Crippen LogP contribution in [0.4, 0.5) is 5.69 Å². The van der Waals surface area contributed by atoms with E-state index in [1.54, 1.807) is 6.92 Å². The Morgan fingerprint density at radius 1 is 1.33 bits per heavy atom. The zero-order chi connectivity index (χ0) is 19.8. The predicted molar refractivity (Wildman–Crippen MR) is 103 cm³/mol. The summed E-state index contributed by atoms with van der Waals surface area (Å²) in [4.78, 5) is 24.1. The van der Waals surface area contributed by atoms with Gasteiger partial charge in [0.15, 0.2) is 0 Å². The standard InChI is InChI=1S/C20H31N3O4/c1-6-26-18(25)11-23-17(24)10-16(19(22-23)27-7-2)21-15-9-13-8-14(12(15)3)20(13,4)5/h10,12-15,21H,6-9,11H2,1-5H3/t12?,13-,14+,15+/m0/s1. The summed E-state index contributed by atoms with van der Waals surface area (Å²) >= 11 is 0. The molecule has 3 aliphatic carbocycles. The van der Waals surface area contributed by atoms with Crippen molar-refractivity contribution in [3.63, 3.8) is 0 Å². The van der Waals surface area contributed by atoms with Gasteiger partial charge in [-0.05, 0) is 49.9 Å². The van der Waals surface area contributed by atoms with E-state index in [2.05, 4.69) is 31.2 Å². The Kier molecular flexibility index (Phi) is 5.49. The van der Waals surface area contributed by atoms with E-state index in [-0.39, 0.29) is 18.7 Å². The first kappa shape index (κ1) is 19.7. The molecule has 1 aromatic heterocycles. The molecule has 27 heavy (non-hydrogen) atoms. The molecule has 7 nitrogen and oxygen atoms in total. The number of esters is 1. The van der Waals surface area contributed by atoms with Crippen LogP contribution in [-0.2, 0) is 16.1 Å². The molecule has 0 aliphatic heterocycles. The second kappa shape index (κ2) is 7.52. The third kappa shape index (κ3) is 3.69. The summed E-state index contributed by atoms with van der Waals surface area (Å²) in [5.41, 5.74) is 0.669. The van der Waals surface area contributed by atoms with Crippen molar-refractivity contribution in [1.29, 1.82) is 0 Å². The average molecular weight is 377 g/mol. The molecule has 3 saturated carbocycles. The second-order valence-electron chi connectivity index (χ2n) is 8.30. The molecule has 1 unspecified atom stereocenters. The highest BCUT2D eigenvalue weighted by atomic mass is 16.5. The Labute approximate surface area is 160 Å². The van der Waals surface area contributed by atoms with Crippen molar-refractivity contribution in [2.24, 2.45) is 23.2 Å². The van der Waals surface area contributed by atoms with E-state index in [4.69, 9.17) is 9.47 Å². The first-order valence-electron chi connectivity index (χ1n) is 9.95. The summed E-state index contributed by atoms with van der Waals surface area (Å²) in [7, 11) is 0. The van der Waals surface area contributed by atoms with Gasteiger partial charge >= 0.3 is 5.97 Å². The molecular formula is C20H31N3O4. The fourth-order valence-corrected chi connectivity index (χ4v) is 4.80. The highest BCUT2D eigenvalue weighted by molar-refractivity contribution is 5.69. The zero-order valence-corrected chi connectivity index (χ0v) is 16.9. The first-order valence-corrected chi connectivity index (χ1v) is 9.95. The summed E-state index contributed by atoms with van der Waals surface area (Å²) in [5, 5.41) is 7.76. The van der Waals surface area contributed by atoms with Gasteiger partial charge in [0.05, 0.1) is 13.2 Å². The van der Waals surface area contributed by atoms with Gasteiger partial charge in [0.1, 0.15) is 12.2 Å². The number of aromatic nitrogens is 2. The van der Waals surface area contributed by atoms with Crippen LogP contribution in [0.25, 0.3) is 0 Å². The van der Waals surface area contributed by atoms with Gasteiger partial charge in [0.25, 0.3) is 11.4 Å². The largest absolute Gasteiger partial charge is 0.475 e. The summed E-state index contributed by atoms with van der Waals surface area (Å²) in [6.45, 7) is 11.1. The first-order chi connectivity index (χ1) is 12.8. The Morgan fingerprint density at radius 2 is 2.07 bits per heavy atom. The molecule has 7 heteroatoms. The van der Waals surface area contributed by atoms with Gasteiger partial charge in [0.2, 0.25) is 0 Å². The summed E-state index contributed by atoms with van der Waals surface area (Å²) in [6, 6.07) is 1.78. The number of carbonyl (C=O) groups excluding carboxylic acids is 1. The van der Waals surface area contributed by atoms with Crippen LogP contribution in [-0.4, -0.2) is 35.0 Å². The van der Waals surface area contributed by atoms with E-state index in [1.165, 1.54) is 12.5 Å². The van der Waals surface area contributed by atoms with Gasteiger partial charge in [-0.2, -0.15) is 0 Å². The smallest absolute Gasteiger partial charge is 0.327 e. The number of hydrogen-bond donors (Lipinski definition) is 1. The molecule has 1 aromatic rings. The van der Waals surface area contributed by atoms with Crippen molar-refractivity contribution < 1.29 is 14.3 Å². The number of hydrogen-bond acceptors (Lipinski definition) is 6. The molecule has 4 rings (SSSR count). The summed E-state index contributed by atoms with van der Waals surface area (Å²) in [5.74, 6) is 1.79. The summed E-state index contributed by atoms with van der Waals surface area (Å²) in [6.07, 6.45) is 2.38. The lowest BCUT2D eigenvalue weighted by Crippen LogP contribution is -2.58. The van der Waals surface area contributed by atoms with Crippen molar-refractivity contribution >= 4 is 11.7 Å². The Bertz CT molecular complexity index is 758. The minimum Gasteiger partial charge on any atom is -0.475 e. The molecule has 0 saturated heterocycles. The molecule has 0 aromatic carbocycles. The Hall–Kier alpha value is -2.05. The van der Waals surface area contributed by atoms with E-state index in [0.717, 1.165) is 11.1 Å². The van der Waals surface area contributed by atoms with E-state index in [9.17, 15) is 9.59 Å². The fourth-order valence-electron chi connectivity index (χ4n) is 4.80. The molecule has 0 spiro atoms. The fraction of sp³-hybridized carbons (Fsp3) is 0.750. The van der Waals surface area contributed by atoms with Crippen LogP contribution >= 0.6 is 0 Å². The molecule has 3 fully saturated rings. The van der Waals surface area contributed by atoms with E-state index < -0.39 is 5.97 Å². The van der Waals surface area contributed by atoms with Crippen molar-refractivity contribution in [1.82, 2.24) is 9.78 Å². The number of carbonyl (C=O) groups is 1. The normalized spacial score (nSPS) is 28.2. The lowest BCUT2D eigenvalue weighted by Gasteiger charge is -2.62. The van der Waals surface area contributed by atoms with Gasteiger partial charge in [0, 0.05) is 12.1 Å². The molecule has 1 heterocycles. The van der Waals surface area contributed by atoms with Crippen molar-refractivity contribution in [3.8, 4) is 5.88 Å². The van der Waals surface area contributed by atoms with Crippen LogP contribution in [0.15, 0.2) is 10.9 Å². The average Bonchev–Trinajstić information content (AvgIpc) is 2.60. The van der Waals surface area contributed by atoms with E-state index in [0.29, 0.717) is 47.4 Å². The number of nitrogens with zero attached hydrogens (tertiary/aromatic N) is 2. The molecule has 3 aliphatic rings. The molecule has 0 radical (unpaired) electrons. The second-order valence-corrected chi connectivity index (χ2v) is 8.30. The van der Waals surface area contributed by atoms with Crippen LogP contribution in [0, 0.1) is 23.2 Å². The maximum Gasteiger partial charge on any atom is 0.327 e. The minimum absolute atomic E-state index is 0.217. The lowest BCUT2D eigenvalue weighted by molar-refractivity contribution is -0.144. The van der Waals surface area contributed by atoms with E-state index >= 15 is 0 Å². The number of anilines is 1. The van der Waals surface area contributed by atoms with Gasteiger partial charge in [-0.1, -0.05) is 20.8 Å². The number of rotatable bonds is 7. The number of nitrogens with one attached hydrogen (secondary N) is 1. The monoisotopic (exact) mass is 377 g/mol. The van der Waals surface area contributed by atoms with Crippen LogP contribution in [0.1, 0.15) is 47.5 Å². The number of fused-ring (bicyclic) bond motifs is 2. The van der Waals surface area contributed by atoms with Crippen LogP contribution in [0.5, 0.6) is 5.88 Å². The van der Waals surface area contributed by atoms with Crippen molar-refractivity contribution in [2.45, 2.75) is 60.0 Å². The van der Waals surface area contributed by atoms with Gasteiger partial charge in [-0.15, -0.1) is 5.10 Å². The molecule has 1 N–H and O–H groups in total. The molecule has 0 amide bonds. The topological polar surface area (TPSA) is 82.5 Å². The molecule has 150 valence electrons. The lowest BCUT2D eigenvalue weighted by atomic mass is 9.45. The molecule has 4 atom stereocenters. The molecular weight excluding hydrogens is 346 g/mol. The molecule has 2 bridgehead atoms. The SMILES string of the molecule is CCOC(=O)Cn1nc(OCC)c(N[C@@H]2C[C@@H]3C[C@H](C2C)C3(C)C)cc1=O.